The maximum atomic E-state index is 11.6. The highest BCUT2D eigenvalue weighted by Crippen LogP contribution is 1.99. The van der Waals surface area contributed by atoms with Crippen molar-refractivity contribution in [1.82, 2.24) is 9.88 Å². The number of carbonyl (C=O) groups is 2. The fraction of sp³-hybridized carbons (Fsp3) is 0.364. The molecule has 1 rings (SSSR count). The molecule has 0 aromatic carbocycles. The Morgan fingerprint density at radius 3 is 2.78 bits per heavy atom. The number of nitrogens with zero attached hydrogens (tertiary/aromatic N) is 1. The van der Waals surface area contributed by atoms with Gasteiger partial charge < -0.3 is 10.4 Å². The Labute approximate surface area is 107 Å². The van der Waals surface area contributed by atoms with Crippen LogP contribution in [-0.2, 0) is 16.1 Å². The van der Waals surface area contributed by atoms with Crippen molar-refractivity contribution in [2.45, 2.75) is 25.9 Å². The molecule has 1 unspecified atom stereocenters. The molecule has 0 saturated heterocycles. The van der Waals surface area contributed by atoms with Gasteiger partial charge in [-0.15, -0.1) is 12.3 Å². The van der Waals surface area contributed by atoms with Crippen molar-refractivity contribution in [2.24, 2.45) is 0 Å². The van der Waals surface area contributed by atoms with Crippen LogP contribution in [0.1, 0.15) is 12.1 Å². The predicted molar refractivity (Wildman–Crippen MR) is 66.3 cm³/mol. The van der Waals surface area contributed by atoms with Crippen molar-refractivity contribution in [1.29, 1.82) is 0 Å². The van der Waals surface area contributed by atoms with E-state index in [1.54, 1.807) is 12.3 Å². The van der Waals surface area contributed by atoms with Crippen LogP contribution in [0.3, 0.4) is 0 Å². The number of carboxylic acid groups (broad SMARTS) is 1. The highest BCUT2D eigenvalue weighted by molar-refractivity contribution is 7.07. The van der Waals surface area contributed by atoms with E-state index in [4.69, 9.17) is 11.5 Å². The van der Waals surface area contributed by atoms with E-state index < -0.39 is 17.9 Å². The first-order valence-electron chi connectivity index (χ1n) is 5.06. The lowest BCUT2D eigenvalue weighted by atomic mass is 10.2. The summed E-state index contributed by atoms with van der Waals surface area (Å²) >= 11 is 0.987. The summed E-state index contributed by atoms with van der Waals surface area (Å²) in [5, 5.41) is 12.7. The summed E-state index contributed by atoms with van der Waals surface area (Å²) in [6.45, 7) is 1.49. The number of carbonyl (C=O) groups excluding carboxylic acids is 1. The molecule has 1 aromatic rings. The average Bonchev–Trinajstić information content (AvgIpc) is 2.60. The van der Waals surface area contributed by atoms with Gasteiger partial charge in [-0.25, -0.2) is 4.79 Å². The third-order valence-corrected chi connectivity index (χ3v) is 3.11. The Hall–Kier alpha value is -2.07. The molecule has 2 N–H and O–H groups in total. The van der Waals surface area contributed by atoms with Gasteiger partial charge in [0.25, 0.3) is 0 Å². The second-order valence-electron chi connectivity index (χ2n) is 3.60. The topological polar surface area (TPSA) is 88.4 Å². The molecule has 0 spiro atoms. The number of nitrogens with one attached hydrogen (secondary N) is 1. The van der Waals surface area contributed by atoms with E-state index in [1.807, 2.05) is 0 Å². The summed E-state index contributed by atoms with van der Waals surface area (Å²) in [6, 6.07) is -1.13. The van der Waals surface area contributed by atoms with Gasteiger partial charge in [0.2, 0.25) is 5.91 Å². The number of aliphatic carboxylic acids is 1. The Morgan fingerprint density at radius 1 is 1.67 bits per heavy atom. The van der Waals surface area contributed by atoms with Crippen molar-refractivity contribution in [3.8, 4) is 12.3 Å². The minimum absolute atomic E-state index is 0.0986. The monoisotopic (exact) mass is 268 g/mol. The molecule has 0 aliphatic carbocycles. The molecule has 0 saturated carbocycles. The van der Waals surface area contributed by atoms with Crippen LogP contribution in [0.4, 0.5) is 0 Å². The van der Waals surface area contributed by atoms with Crippen molar-refractivity contribution in [3.63, 3.8) is 0 Å². The van der Waals surface area contributed by atoms with E-state index in [0.717, 1.165) is 11.3 Å². The lowest BCUT2D eigenvalue weighted by molar-refractivity contribution is -0.141. The molecular formula is C11H12N2O4S. The van der Waals surface area contributed by atoms with E-state index in [0.29, 0.717) is 5.69 Å². The van der Waals surface area contributed by atoms with Crippen molar-refractivity contribution in [2.75, 3.05) is 0 Å². The smallest absolute Gasteiger partial charge is 0.327 e. The molecule has 1 aromatic heterocycles. The fourth-order valence-electron chi connectivity index (χ4n) is 1.30. The number of carboxylic acids is 1. The van der Waals surface area contributed by atoms with Crippen LogP contribution in [0.15, 0.2) is 10.2 Å². The van der Waals surface area contributed by atoms with Gasteiger partial charge in [0.05, 0.1) is 0 Å². The van der Waals surface area contributed by atoms with Gasteiger partial charge in [0.15, 0.2) is 0 Å². The molecule has 0 fully saturated rings. The molecule has 0 bridgehead atoms. The van der Waals surface area contributed by atoms with Crippen LogP contribution in [0.5, 0.6) is 0 Å². The third kappa shape index (κ3) is 3.46. The highest BCUT2D eigenvalue weighted by Gasteiger charge is 2.19. The van der Waals surface area contributed by atoms with E-state index in [2.05, 4.69) is 11.2 Å². The summed E-state index contributed by atoms with van der Waals surface area (Å²) in [5.41, 5.74) is 0.656. The normalized spacial score (nSPS) is 11.6. The third-order valence-electron chi connectivity index (χ3n) is 2.23. The molecule has 0 aliphatic rings. The van der Waals surface area contributed by atoms with Crippen LogP contribution in [0.2, 0.25) is 0 Å². The number of hydrogen-bond donors (Lipinski definition) is 2. The first kappa shape index (κ1) is 14.0. The Balaban J connectivity index is 2.70. The molecule has 1 heterocycles. The number of aryl methyl sites for hydroxylation is 1. The zero-order chi connectivity index (χ0) is 13.7. The standard InChI is InChI=1S/C11H12N2O4S/c1-3-4-8(10(15)16)12-9(14)5-13-7(2)6-18-11(13)17/h1,6,8H,4-5H2,2H3,(H,12,14)(H,15,16). The van der Waals surface area contributed by atoms with Crippen molar-refractivity contribution >= 4 is 23.2 Å². The number of hydrogen-bond acceptors (Lipinski definition) is 4. The van der Waals surface area contributed by atoms with Gasteiger partial charge in [-0.05, 0) is 6.92 Å². The minimum atomic E-state index is -1.20. The summed E-state index contributed by atoms with van der Waals surface area (Å²) in [7, 11) is 0. The van der Waals surface area contributed by atoms with Crippen LogP contribution >= 0.6 is 11.3 Å². The van der Waals surface area contributed by atoms with Gasteiger partial charge >= 0.3 is 10.8 Å². The summed E-state index contributed by atoms with van der Waals surface area (Å²) in [4.78, 5) is 33.5. The predicted octanol–water partition coefficient (Wildman–Crippen LogP) is -0.189. The number of rotatable bonds is 5. The maximum Gasteiger partial charge on any atom is 0.327 e. The van der Waals surface area contributed by atoms with Crippen molar-refractivity contribution < 1.29 is 14.7 Å². The molecule has 1 atom stereocenters. The Kier molecular flexibility index (Phi) is 4.68. The summed E-state index contributed by atoms with van der Waals surface area (Å²) in [6.07, 6.45) is 4.91. The zero-order valence-corrected chi connectivity index (χ0v) is 10.5. The molecule has 6 nitrogen and oxygen atoms in total. The van der Waals surface area contributed by atoms with Gasteiger partial charge in [0.1, 0.15) is 12.6 Å². The van der Waals surface area contributed by atoms with E-state index >= 15 is 0 Å². The van der Waals surface area contributed by atoms with Gasteiger partial charge in [0, 0.05) is 17.5 Å². The first-order valence-corrected chi connectivity index (χ1v) is 5.94. The first-order chi connectivity index (χ1) is 8.45. The van der Waals surface area contributed by atoms with Gasteiger partial charge in [-0.1, -0.05) is 11.3 Å². The van der Waals surface area contributed by atoms with Gasteiger partial charge in [-0.2, -0.15) is 0 Å². The quantitative estimate of drug-likeness (QED) is 0.724. The largest absolute Gasteiger partial charge is 0.480 e. The van der Waals surface area contributed by atoms with Gasteiger partial charge in [-0.3, -0.25) is 14.2 Å². The average molecular weight is 268 g/mol. The molecule has 7 heteroatoms. The van der Waals surface area contributed by atoms with Crippen LogP contribution in [0, 0.1) is 19.3 Å². The molecule has 18 heavy (non-hydrogen) atoms. The van der Waals surface area contributed by atoms with Crippen LogP contribution < -0.4 is 10.2 Å². The molecule has 0 radical (unpaired) electrons. The lowest BCUT2D eigenvalue weighted by Crippen LogP contribution is -2.42. The van der Waals surface area contributed by atoms with Crippen LogP contribution in [-0.4, -0.2) is 27.6 Å². The summed E-state index contributed by atoms with van der Waals surface area (Å²) < 4.78 is 1.27. The van der Waals surface area contributed by atoms with E-state index in [9.17, 15) is 14.4 Å². The lowest BCUT2D eigenvalue weighted by Gasteiger charge is -2.12. The molecule has 0 aliphatic heterocycles. The number of terminal acetylenes is 1. The molecular weight excluding hydrogens is 256 g/mol. The Morgan fingerprint density at radius 2 is 2.33 bits per heavy atom. The number of amides is 1. The second-order valence-corrected chi connectivity index (χ2v) is 4.42. The van der Waals surface area contributed by atoms with Crippen LogP contribution in [0.25, 0.3) is 0 Å². The Bertz CT molecular complexity index is 552. The fourth-order valence-corrected chi connectivity index (χ4v) is 2.03. The summed E-state index contributed by atoms with van der Waals surface area (Å²) in [5.74, 6) is 0.421. The van der Waals surface area contributed by atoms with E-state index in [-0.39, 0.29) is 17.8 Å². The van der Waals surface area contributed by atoms with Crippen molar-refractivity contribution in [3.05, 3.63) is 20.7 Å². The zero-order valence-electron chi connectivity index (χ0n) is 9.67. The highest BCUT2D eigenvalue weighted by atomic mass is 32.1. The minimum Gasteiger partial charge on any atom is -0.480 e. The van der Waals surface area contributed by atoms with E-state index in [1.165, 1.54) is 4.57 Å². The molecule has 1 amide bonds. The number of aromatic nitrogens is 1. The second kappa shape index (κ2) is 6.02. The number of thiazole rings is 1. The molecule has 96 valence electrons. The SMILES string of the molecule is C#CCC(NC(=O)Cn1c(C)csc1=O)C(=O)O. The maximum absolute atomic E-state index is 11.6.